The van der Waals surface area contributed by atoms with E-state index >= 15 is 0 Å². The van der Waals surface area contributed by atoms with Gasteiger partial charge in [0, 0.05) is 24.4 Å². The van der Waals surface area contributed by atoms with Gasteiger partial charge in [0.2, 0.25) is 5.91 Å². The second-order valence-corrected chi connectivity index (χ2v) is 11.2. The van der Waals surface area contributed by atoms with Crippen molar-refractivity contribution < 1.29 is 29.3 Å². The summed E-state index contributed by atoms with van der Waals surface area (Å²) < 4.78 is 11.6. The van der Waals surface area contributed by atoms with Crippen LogP contribution in [0.1, 0.15) is 76.7 Å². The normalized spacial score (nSPS) is 26.9. The van der Waals surface area contributed by atoms with Crippen molar-refractivity contribution in [3.05, 3.63) is 23.8 Å². The van der Waals surface area contributed by atoms with E-state index in [1.54, 1.807) is 14.0 Å². The number of nitrogens with zero attached hydrogens (tertiary/aromatic N) is 1. The number of ether oxygens (including phenoxy) is 2. The van der Waals surface area contributed by atoms with Gasteiger partial charge in [-0.05, 0) is 62.1 Å². The summed E-state index contributed by atoms with van der Waals surface area (Å²) in [5, 5.41) is 20.4. The third kappa shape index (κ3) is 5.76. The van der Waals surface area contributed by atoms with Crippen LogP contribution in [0.3, 0.4) is 0 Å². The maximum absolute atomic E-state index is 13.8. The average Bonchev–Trinajstić information content (AvgIpc) is 3.61. The van der Waals surface area contributed by atoms with Crippen molar-refractivity contribution in [1.29, 1.82) is 0 Å². The standard InChI is InChI=1S/C28H41NO6/c1-18(30)28(2)17-29(27(33)22(14-26(31)32)20-7-5-4-6-8-20)15-23(28)21-11-12-24(34-3)25(13-21)35-16-19-9-10-19/h11-13,18-20,22-23,30H,4-10,14-17H2,1-3H3,(H,31,32)/t18-,22+,23+,28+/m1/s1. The van der Waals surface area contributed by atoms with E-state index in [-0.39, 0.29) is 24.2 Å². The molecule has 2 N–H and O–H groups in total. The number of methoxy groups -OCH3 is 1. The minimum absolute atomic E-state index is 0.0765. The first-order chi connectivity index (χ1) is 16.7. The van der Waals surface area contributed by atoms with Crippen LogP contribution < -0.4 is 9.47 Å². The van der Waals surface area contributed by atoms with Crippen molar-refractivity contribution in [3.63, 3.8) is 0 Å². The zero-order valence-corrected chi connectivity index (χ0v) is 21.4. The monoisotopic (exact) mass is 487 g/mol. The highest BCUT2D eigenvalue weighted by atomic mass is 16.5. The average molecular weight is 488 g/mol. The molecule has 1 aromatic rings. The van der Waals surface area contributed by atoms with Crippen LogP contribution in [0.15, 0.2) is 18.2 Å². The molecule has 4 rings (SSSR count). The van der Waals surface area contributed by atoms with Gasteiger partial charge in [0.25, 0.3) is 0 Å². The number of carbonyl (C=O) groups excluding carboxylic acids is 1. The van der Waals surface area contributed by atoms with Crippen LogP contribution in [-0.4, -0.2) is 59.9 Å². The molecule has 7 nitrogen and oxygen atoms in total. The molecule has 2 saturated carbocycles. The SMILES string of the molecule is COc1ccc([C@@H]2CN(C(=O)[C@@H](CC(=O)O)C3CCCCC3)C[C@@]2(C)[C@@H](C)O)cc1OCC1CC1. The number of hydrogen-bond donors (Lipinski definition) is 2. The molecule has 1 aliphatic heterocycles. The fraction of sp³-hybridized carbons (Fsp3) is 0.714. The summed E-state index contributed by atoms with van der Waals surface area (Å²) in [6, 6.07) is 5.90. The molecule has 0 bridgehead atoms. The molecule has 1 aromatic carbocycles. The lowest BCUT2D eigenvalue weighted by molar-refractivity contribution is -0.146. The quantitative estimate of drug-likeness (QED) is 0.506. The number of amides is 1. The molecule has 2 aliphatic carbocycles. The first kappa shape index (κ1) is 25.8. The van der Waals surface area contributed by atoms with Crippen LogP contribution in [0.25, 0.3) is 0 Å². The number of aliphatic carboxylic acids is 1. The first-order valence-corrected chi connectivity index (χ1v) is 13.2. The van der Waals surface area contributed by atoms with Gasteiger partial charge in [0.05, 0.1) is 32.2 Å². The molecule has 194 valence electrons. The van der Waals surface area contributed by atoms with E-state index in [0.717, 1.165) is 37.7 Å². The molecular weight excluding hydrogens is 446 g/mol. The molecule has 3 fully saturated rings. The molecule has 1 amide bonds. The Bertz CT molecular complexity index is 907. The summed E-state index contributed by atoms with van der Waals surface area (Å²) in [6.45, 7) is 5.34. The Balaban J connectivity index is 1.59. The van der Waals surface area contributed by atoms with Crippen molar-refractivity contribution >= 4 is 11.9 Å². The lowest BCUT2D eigenvalue weighted by atomic mass is 9.72. The van der Waals surface area contributed by atoms with E-state index in [0.29, 0.717) is 37.1 Å². The largest absolute Gasteiger partial charge is 0.493 e. The van der Waals surface area contributed by atoms with Gasteiger partial charge in [-0.25, -0.2) is 0 Å². The predicted octanol–water partition coefficient (Wildman–Crippen LogP) is 4.47. The molecule has 0 unspecified atom stereocenters. The van der Waals surface area contributed by atoms with Gasteiger partial charge < -0.3 is 24.6 Å². The minimum atomic E-state index is -0.921. The van der Waals surface area contributed by atoms with E-state index in [9.17, 15) is 19.8 Å². The van der Waals surface area contributed by atoms with Crippen molar-refractivity contribution in [2.45, 2.75) is 77.2 Å². The Morgan fingerprint density at radius 3 is 2.46 bits per heavy atom. The lowest BCUT2D eigenvalue weighted by Gasteiger charge is -2.34. The molecule has 7 heteroatoms. The van der Waals surface area contributed by atoms with Crippen LogP contribution >= 0.6 is 0 Å². The van der Waals surface area contributed by atoms with Crippen molar-refractivity contribution in [2.24, 2.45) is 23.2 Å². The number of carboxylic acids is 1. The van der Waals surface area contributed by atoms with E-state index in [1.165, 1.54) is 12.8 Å². The molecular formula is C28H41NO6. The molecule has 3 aliphatic rings. The fourth-order valence-corrected chi connectivity index (χ4v) is 6.02. The zero-order chi connectivity index (χ0) is 25.2. The third-order valence-corrected chi connectivity index (χ3v) is 8.69. The highest BCUT2D eigenvalue weighted by molar-refractivity contribution is 5.84. The Morgan fingerprint density at radius 2 is 1.86 bits per heavy atom. The second-order valence-electron chi connectivity index (χ2n) is 11.2. The van der Waals surface area contributed by atoms with Gasteiger partial charge in [0.15, 0.2) is 11.5 Å². The Kier molecular flexibility index (Phi) is 7.94. The fourth-order valence-electron chi connectivity index (χ4n) is 6.02. The highest BCUT2D eigenvalue weighted by Gasteiger charge is 2.50. The maximum Gasteiger partial charge on any atom is 0.304 e. The number of likely N-dealkylation sites (tertiary alicyclic amines) is 1. The summed E-state index contributed by atoms with van der Waals surface area (Å²) in [5.74, 6) is 0.501. The summed E-state index contributed by atoms with van der Waals surface area (Å²) in [5.41, 5.74) is 0.445. The number of hydrogen-bond acceptors (Lipinski definition) is 5. The number of rotatable bonds is 10. The number of carbonyl (C=O) groups is 2. The number of aliphatic hydroxyl groups is 1. The smallest absolute Gasteiger partial charge is 0.304 e. The van der Waals surface area contributed by atoms with Crippen molar-refractivity contribution in [1.82, 2.24) is 4.90 Å². The Morgan fingerprint density at radius 1 is 1.14 bits per heavy atom. The summed E-state index contributed by atoms with van der Waals surface area (Å²) >= 11 is 0. The summed E-state index contributed by atoms with van der Waals surface area (Å²) in [4.78, 5) is 27.2. The van der Waals surface area contributed by atoms with Crippen LogP contribution in [0.5, 0.6) is 11.5 Å². The predicted molar refractivity (Wildman–Crippen MR) is 133 cm³/mol. The Labute approximate surface area is 208 Å². The van der Waals surface area contributed by atoms with Crippen molar-refractivity contribution in [2.75, 3.05) is 26.8 Å². The Hall–Kier alpha value is -2.28. The van der Waals surface area contributed by atoms with E-state index < -0.39 is 23.4 Å². The van der Waals surface area contributed by atoms with Crippen molar-refractivity contribution in [3.8, 4) is 11.5 Å². The van der Waals surface area contributed by atoms with Crippen LogP contribution in [-0.2, 0) is 9.59 Å². The van der Waals surface area contributed by atoms with Gasteiger partial charge in [-0.15, -0.1) is 0 Å². The number of aliphatic hydroxyl groups excluding tert-OH is 1. The molecule has 4 atom stereocenters. The zero-order valence-electron chi connectivity index (χ0n) is 21.4. The van der Waals surface area contributed by atoms with E-state index in [4.69, 9.17) is 9.47 Å². The third-order valence-electron chi connectivity index (χ3n) is 8.69. The summed E-state index contributed by atoms with van der Waals surface area (Å²) in [6.07, 6.45) is 6.70. The first-order valence-electron chi connectivity index (χ1n) is 13.2. The minimum Gasteiger partial charge on any atom is -0.493 e. The van der Waals surface area contributed by atoms with E-state index in [1.807, 2.05) is 30.0 Å². The lowest BCUT2D eigenvalue weighted by Crippen LogP contribution is -2.42. The second kappa shape index (κ2) is 10.8. The summed E-state index contributed by atoms with van der Waals surface area (Å²) in [7, 11) is 1.63. The van der Waals surface area contributed by atoms with Gasteiger partial charge in [-0.3, -0.25) is 9.59 Å². The molecule has 0 spiro atoms. The van der Waals surface area contributed by atoms with Gasteiger partial charge in [0.1, 0.15) is 0 Å². The highest BCUT2D eigenvalue weighted by Crippen LogP contribution is 2.48. The number of benzene rings is 1. The van der Waals surface area contributed by atoms with Crippen LogP contribution in [0.4, 0.5) is 0 Å². The van der Waals surface area contributed by atoms with Gasteiger partial charge in [-0.1, -0.05) is 32.3 Å². The molecule has 0 radical (unpaired) electrons. The maximum atomic E-state index is 13.8. The molecule has 1 saturated heterocycles. The van der Waals surface area contributed by atoms with Crippen LogP contribution in [0.2, 0.25) is 0 Å². The molecule has 0 aromatic heterocycles. The van der Waals surface area contributed by atoms with Gasteiger partial charge >= 0.3 is 5.97 Å². The number of carboxylic acid groups (broad SMARTS) is 1. The topological polar surface area (TPSA) is 96.3 Å². The van der Waals surface area contributed by atoms with Gasteiger partial charge in [-0.2, -0.15) is 0 Å². The van der Waals surface area contributed by atoms with E-state index in [2.05, 4.69) is 0 Å². The molecule has 35 heavy (non-hydrogen) atoms. The van der Waals surface area contributed by atoms with Crippen LogP contribution in [0, 0.1) is 23.2 Å². The molecule has 1 heterocycles.